The molecule has 2 rings (SSSR count). The van der Waals surface area contributed by atoms with E-state index in [0.717, 1.165) is 44.5 Å². The Morgan fingerprint density at radius 2 is 2.28 bits per heavy atom. The van der Waals surface area contributed by atoms with Crippen molar-refractivity contribution in [1.82, 2.24) is 10.2 Å². The third-order valence-corrected chi connectivity index (χ3v) is 5.81. The molecule has 0 radical (unpaired) electrons. The van der Waals surface area contributed by atoms with Crippen LogP contribution in [0.4, 0.5) is 0 Å². The van der Waals surface area contributed by atoms with Crippen LogP contribution in [0.2, 0.25) is 0 Å². The van der Waals surface area contributed by atoms with Gasteiger partial charge >= 0.3 is 0 Å². The predicted molar refractivity (Wildman–Crippen MR) is 78.0 cm³/mol. The summed E-state index contributed by atoms with van der Waals surface area (Å²) in [4.78, 5) is 15.1. The number of nitrogens with one attached hydrogen (secondary N) is 1. The highest BCUT2D eigenvalue weighted by Gasteiger charge is 2.44. The molecule has 0 spiro atoms. The number of carbonyl (C=O) groups is 1. The average molecular weight is 270 g/mol. The van der Waals surface area contributed by atoms with Crippen molar-refractivity contribution >= 4 is 17.7 Å². The standard InChI is InChI=1S/C14H26N2OS/c1-4-6-14(7-5-8-15-14)13(17)16-9-10-18-12(3)11(16)2/h11-12,15H,4-10H2,1-3H3. The fourth-order valence-electron chi connectivity index (χ4n) is 3.23. The molecule has 4 heteroatoms. The zero-order valence-electron chi connectivity index (χ0n) is 11.9. The molecule has 0 saturated carbocycles. The van der Waals surface area contributed by atoms with Crippen molar-refractivity contribution in [3.05, 3.63) is 0 Å². The lowest BCUT2D eigenvalue weighted by Gasteiger charge is -2.42. The third kappa shape index (κ3) is 2.55. The highest BCUT2D eigenvalue weighted by molar-refractivity contribution is 8.00. The smallest absolute Gasteiger partial charge is 0.243 e. The second-order valence-electron chi connectivity index (χ2n) is 5.68. The van der Waals surface area contributed by atoms with E-state index in [4.69, 9.17) is 0 Å². The van der Waals surface area contributed by atoms with E-state index >= 15 is 0 Å². The zero-order chi connectivity index (χ0) is 13.2. The first-order chi connectivity index (χ1) is 8.60. The van der Waals surface area contributed by atoms with Crippen LogP contribution in [0.1, 0.15) is 46.5 Å². The number of nitrogens with zero attached hydrogens (tertiary/aromatic N) is 1. The Morgan fingerprint density at radius 3 is 2.89 bits per heavy atom. The number of thioether (sulfide) groups is 1. The van der Waals surface area contributed by atoms with Gasteiger partial charge in [0.1, 0.15) is 0 Å². The maximum atomic E-state index is 12.9. The topological polar surface area (TPSA) is 32.3 Å². The Bertz CT molecular complexity index is 302. The maximum absolute atomic E-state index is 12.9. The molecule has 2 fully saturated rings. The van der Waals surface area contributed by atoms with Gasteiger partial charge in [-0.15, -0.1) is 0 Å². The molecule has 0 aliphatic carbocycles. The van der Waals surface area contributed by atoms with E-state index in [0.29, 0.717) is 17.2 Å². The molecule has 104 valence electrons. The number of hydrogen-bond acceptors (Lipinski definition) is 3. The largest absolute Gasteiger partial charge is 0.336 e. The summed E-state index contributed by atoms with van der Waals surface area (Å²) >= 11 is 1.99. The van der Waals surface area contributed by atoms with Crippen LogP contribution < -0.4 is 5.32 Å². The van der Waals surface area contributed by atoms with Crippen LogP contribution in [-0.2, 0) is 4.79 Å². The number of amides is 1. The highest BCUT2D eigenvalue weighted by Crippen LogP contribution is 2.31. The van der Waals surface area contributed by atoms with Crippen LogP contribution in [0.25, 0.3) is 0 Å². The summed E-state index contributed by atoms with van der Waals surface area (Å²) in [6, 6.07) is 0.368. The Balaban J connectivity index is 2.12. The van der Waals surface area contributed by atoms with Crippen LogP contribution in [-0.4, -0.2) is 46.5 Å². The monoisotopic (exact) mass is 270 g/mol. The quantitative estimate of drug-likeness (QED) is 0.854. The van der Waals surface area contributed by atoms with Gasteiger partial charge in [0.2, 0.25) is 5.91 Å². The van der Waals surface area contributed by atoms with Crippen molar-refractivity contribution in [3.8, 4) is 0 Å². The molecule has 2 heterocycles. The fraction of sp³-hybridized carbons (Fsp3) is 0.929. The first-order valence-corrected chi connectivity index (χ1v) is 8.33. The van der Waals surface area contributed by atoms with Crippen molar-refractivity contribution in [2.75, 3.05) is 18.8 Å². The number of rotatable bonds is 3. The summed E-state index contributed by atoms with van der Waals surface area (Å²) in [5.74, 6) is 1.45. The second-order valence-corrected chi connectivity index (χ2v) is 7.16. The lowest BCUT2D eigenvalue weighted by Crippen LogP contribution is -2.60. The maximum Gasteiger partial charge on any atom is 0.243 e. The van der Waals surface area contributed by atoms with Crippen LogP contribution in [0.3, 0.4) is 0 Å². The second kappa shape index (κ2) is 5.83. The predicted octanol–water partition coefficient (Wildman–Crippen LogP) is 2.26. The van der Waals surface area contributed by atoms with Gasteiger partial charge in [-0.05, 0) is 32.7 Å². The van der Waals surface area contributed by atoms with Crippen LogP contribution >= 0.6 is 11.8 Å². The molecule has 2 aliphatic heterocycles. The van der Waals surface area contributed by atoms with E-state index in [1.165, 1.54) is 0 Å². The van der Waals surface area contributed by atoms with E-state index in [1.54, 1.807) is 0 Å². The zero-order valence-corrected chi connectivity index (χ0v) is 12.7. The van der Waals surface area contributed by atoms with E-state index < -0.39 is 0 Å². The first kappa shape index (κ1) is 14.2. The highest BCUT2D eigenvalue weighted by atomic mass is 32.2. The Hall–Kier alpha value is -0.220. The Labute approximate surface area is 115 Å². The van der Waals surface area contributed by atoms with E-state index in [1.807, 2.05) is 11.8 Å². The minimum atomic E-state index is -0.245. The molecular formula is C14H26N2OS. The molecule has 2 aliphatic rings. The molecule has 3 nitrogen and oxygen atoms in total. The van der Waals surface area contributed by atoms with Gasteiger partial charge < -0.3 is 10.2 Å². The van der Waals surface area contributed by atoms with Crippen molar-refractivity contribution in [1.29, 1.82) is 0 Å². The number of carbonyl (C=O) groups excluding carboxylic acids is 1. The molecule has 1 N–H and O–H groups in total. The van der Waals surface area contributed by atoms with Crippen molar-refractivity contribution < 1.29 is 4.79 Å². The summed E-state index contributed by atoms with van der Waals surface area (Å²) in [6.07, 6.45) is 4.21. The fourth-order valence-corrected chi connectivity index (χ4v) is 4.33. The molecule has 0 aromatic heterocycles. The SMILES string of the molecule is CCCC1(C(=O)N2CCSC(C)C2C)CCCN1. The third-order valence-electron chi connectivity index (χ3n) is 4.47. The average Bonchev–Trinajstić information content (AvgIpc) is 2.82. The van der Waals surface area contributed by atoms with E-state index in [9.17, 15) is 4.79 Å². The van der Waals surface area contributed by atoms with Gasteiger partial charge in [0.05, 0.1) is 5.54 Å². The minimum Gasteiger partial charge on any atom is -0.336 e. The lowest BCUT2D eigenvalue weighted by molar-refractivity contribution is -0.140. The molecule has 0 aromatic rings. The van der Waals surface area contributed by atoms with Crippen LogP contribution in [0, 0.1) is 0 Å². The normalized spacial score (nSPS) is 36.9. The van der Waals surface area contributed by atoms with Gasteiger partial charge in [0, 0.05) is 23.6 Å². The van der Waals surface area contributed by atoms with Crippen LogP contribution in [0.15, 0.2) is 0 Å². The molecule has 2 saturated heterocycles. The van der Waals surface area contributed by atoms with Gasteiger partial charge in [0.25, 0.3) is 0 Å². The van der Waals surface area contributed by atoms with Gasteiger partial charge in [-0.3, -0.25) is 4.79 Å². The summed E-state index contributed by atoms with van der Waals surface area (Å²) in [7, 11) is 0. The minimum absolute atomic E-state index is 0.245. The molecular weight excluding hydrogens is 244 g/mol. The number of hydrogen-bond donors (Lipinski definition) is 1. The Kier molecular flexibility index (Phi) is 4.59. The van der Waals surface area contributed by atoms with Crippen LogP contribution in [0.5, 0.6) is 0 Å². The van der Waals surface area contributed by atoms with Crippen molar-refractivity contribution in [3.63, 3.8) is 0 Å². The molecule has 3 unspecified atom stereocenters. The molecule has 18 heavy (non-hydrogen) atoms. The van der Waals surface area contributed by atoms with Gasteiger partial charge in [-0.25, -0.2) is 0 Å². The van der Waals surface area contributed by atoms with Crippen molar-refractivity contribution in [2.24, 2.45) is 0 Å². The Morgan fingerprint density at radius 1 is 1.50 bits per heavy atom. The molecule has 0 aromatic carbocycles. The van der Waals surface area contributed by atoms with Gasteiger partial charge in [-0.2, -0.15) is 11.8 Å². The van der Waals surface area contributed by atoms with Crippen molar-refractivity contribution in [2.45, 2.75) is 63.3 Å². The molecule has 3 atom stereocenters. The van der Waals surface area contributed by atoms with E-state index in [2.05, 4.69) is 31.0 Å². The van der Waals surface area contributed by atoms with Gasteiger partial charge in [-0.1, -0.05) is 20.3 Å². The summed E-state index contributed by atoms with van der Waals surface area (Å²) < 4.78 is 0. The summed E-state index contributed by atoms with van der Waals surface area (Å²) in [5, 5.41) is 4.06. The summed E-state index contributed by atoms with van der Waals surface area (Å²) in [5.41, 5.74) is -0.245. The lowest BCUT2D eigenvalue weighted by atomic mass is 9.89. The van der Waals surface area contributed by atoms with E-state index in [-0.39, 0.29) is 5.54 Å². The molecule has 0 bridgehead atoms. The van der Waals surface area contributed by atoms with Gasteiger partial charge in [0.15, 0.2) is 0 Å². The summed E-state index contributed by atoms with van der Waals surface area (Å²) in [6.45, 7) is 8.53. The first-order valence-electron chi connectivity index (χ1n) is 7.28. The molecule has 1 amide bonds.